The molecule has 2 aromatic rings. The van der Waals surface area contributed by atoms with Gasteiger partial charge in [0.1, 0.15) is 4.88 Å². The van der Waals surface area contributed by atoms with Gasteiger partial charge < -0.3 is 10.6 Å². The van der Waals surface area contributed by atoms with Crippen LogP contribution in [0.5, 0.6) is 0 Å². The average Bonchev–Trinajstić information content (AvgIpc) is 3.38. The Bertz CT molecular complexity index is 858. The Balaban J connectivity index is 1.39. The predicted molar refractivity (Wildman–Crippen MR) is 105 cm³/mol. The van der Waals surface area contributed by atoms with Crippen molar-refractivity contribution in [1.29, 1.82) is 0 Å². The van der Waals surface area contributed by atoms with Crippen LogP contribution in [0.3, 0.4) is 0 Å². The summed E-state index contributed by atoms with van der Waals surface area (Å²) in [4.78, 5) is 31.1. The van der Waals surface area contributed by atoms with Gasteiger partial charge in [-0.05, 0) is 18.4 Å². The topological polar surface area (TPSA) is 91.9 Å². The van der Waals surface area contributed by atoms with Gasteiger partial charge in [-0.1, -0.05) is 41.7 Å². The number of carbonyl (C=O) groups excluding carboxylic acids is 2. The van der Waals surface area contributed by atoms with Crippen LogP contribution in [0, 0.1) is 5.92 Å². The minimum atomic E-state index is -0.456. The maximum absolute atomic E-state index is 13.0. The summed E-state index contributed by atoms with van der Waals surface area (Å²) >= 11 is 1.30. The third kappa shape index (κ3) is 3.57. The fraction of sp³-hybridized carbons (Fsp3) is 0.368. The molecule has 27 heavy (non-hydrogen) atoms. The van der Waals surface area contributed by atoms with Crippen molar-refractivity contribution in [3.8, 4) is 0 Å². The van der Waals surface area contributed by atoms with Gasteiger partial charge in [-0.25, -0.2) is 9.99 Å². The van der Waals surface area contributed by atoms with Gasteiger partial charge in [-0.3, -0.25) is 9.59 Å². The molecule has 3 heterocycles. The molecule has 2 amide bonds. The van der Waals surface area contributed by atoms with Crippen LogP contribution >= 0.6 is 11.3 Å². The lowest BCUT2D eigenvalue weighted by Crippen LogP contribution is -2.41. The van der Waals surface area contributed by atoms with Gasteiger partial charge in [0.2, 0.25) is 5.91 Å². The van der Waals surface area contributed by atoms with Gasteiger partial charge in [0.05, 0.1) is 12.2 Å². The lowest BCUT2D eigenvalue weighted by atomic mass is 9.94. The number of rotatable bonds is 4. The maximum Gasteiger partial charge on any atom is 0.260 e. The third-order valence-electron chi connectivity index (χ3n) is 5.09. The Morgan fingerprint density at radius 1 is 1.15 bits per heavy atom. The van der Waals surface area contributed by atoms with E-state index in [0.717, 1.165) is 43.0 Å². The molecule has 0 unspecified atom stereocenters. The van der Waals surface area contributed by atoms with E-state index in [1.54, 1.807) is 5.01 Å². The Hall–Kier alpha value is -2.74. The monoisotopic (exact) mass is 383 g/mol. The van der Waals surface area contributed by atoms with Crippen LogP contribution < -0.4 is 10.6 Å². The second-order valence-corrected chi connectivity index (χ2v) is 7.78. The summed E-state index contributed by atoms with van der Waals surface area (Å²) in [5.74, 6) is -0.407. The number of benzene rings is 1. The van der Waals surface area contributed by atoms with E-state index in [9.17, 15) is 9.59 Å². The Morgan fingerprint density at radius 3 is 2.56 bits per heavy atom. The maximum atomic E-state index is 13.0. The van der Waals surface area contributed by atoms with E-state index >= 15 is 0 Å². The van der Waals surface area contributed by atoms with E-state index in [4.69, 9.17) is 5.73 Å². The summed E-state index contributed by atoms with van der Waals surface area (Å²) in [7, 11) is 0. The molecule has 1 aromatic heterocycles. The number of amides is 2. The van der Waals surface area contributed by atoms with Crippen LogP contribution in [0.25, 0.3) is 0 Å². The predicted octanol–water partition coefficient (Wildman–Crippen LogP) is 2.42. The minimum absolute atomic E-state index is 0.00572. The van der Waals surface area contributed by atoms with Gasteiger partial charge in [-0.15, -0.1) is 0 Å². The van der Waals surface area contributed by atoms with E-state index < -0.39 is 5.91 Å². The number of anilines is 1. The van der Waals surface area contributed by atoms with Crippen LogP contribution in [0.1, 0.15) is 40.5 Å². The van der Waals surface area contributed by atoms with Crippen LogP contribution in [-0.2, 0) is 4.79 Å². The molecular weight excluding hydrogens is 362 g/mol. The summed E-state index contributed by atoms with van der Waals surface area (Å²) in [6, 6.07) is 10.0. The lowest BCUT2D eigenvalue weighted by molar-refractivity contribution is -0.138. The number of hydrogen-bond donors (Lipinski definition) is 1. The number of nitrogens with zero attached hydrogens (tertiary/aromatic N) is 4. The number of hydrazone groups is 1. The molecule has 140 valence electrons. The van der Waals surface area contributed by atoms with Gasteiger partial charge >= 0.3 is 0 Å². The van der Waals surface area contributed by atoms with Crippen molar-refractivity contribution in [2.24, 2.45) is 16.8 Å². The van der Waals surface area contributed by atoms with Crippen LogP contribution in [0.2, 0.25) is 0 Å². The first kappa shape index (κ1) is 17.7. The molecule has 2 N–H and O–H groups in total. The first-order valence-electron chi connectivity index (χ1n) is 9.04. The molecule has 0 spiro atoms. The van der Waals surface area contributed by atoms with Crippen LogP contribution in [-0.4, -0.2) is 41.1 Å². The second kappa shape index (κ2) is 7.48. The van der Waals surface area contributed by atoms with Gasteiger partial charge in [0.25, 0.3) is 5.91 Å². The Morgan fingerprint density at radius 2 is 1.89 bits per heavy atom. The second-order valence-electron chi connectivity index (χ2n) is 6.78. The third-order valence-corrected chi connectivity index (χ3v) is 6.16. The molecule has 1 atom stereocenters. The number of piperidine rings is 1. The number of primary amides is 1. The fourth-order valence-corrected chi connectivity index (χ4v) is 4.43. The molecule has 0 bridgehead atoms. The molecule has 1 aromatic carbocycles. The molecule has 0 radical (unpaired) electrons. The standard InChI is InChI=1S/C19H21N5O2S/c20-17(25)16-12-21-19(27-16)23-10-7-14(8-11-23)18(26)24-15(6-9-22-24)13-4-2-1-3-5-13/h1-5,9,12,14-15H,6-8,10-11H2,(H2,20,25)/t15-/m0/s1. The van der Waals surface area contributed by atoms with E-state index in [2.05, 4.69) is 15.0 Å². The first-order valence-corrected chi connectivity index (χ1v) is 9.86. The molecular formula is C19H21N5O2S. The number of hydrogen-bond acceptors (Lipinski definition) is 6. The fourth-order valence-electron chi connectivity index (χ4n) is 3.61. The van der Waals surface area contributed by atoms with Crippen molar-refractivity contribution in [3.05, 3.63) is 47.0 Å². The minimum Gasteiger partial charge on any atom is -0.365 e. The summed E-state index contributed by atoms with van der Waals surface area (Å²) in [6.45, 7) is 1.46. The van der Waals surface area contributed by atoms with E-state index in [0.29, 0.717) is 4.88 Å². The zero-order chi connectivity index (χ0) is 18.8. The van der Waals surface area contributed by atoms with Gasteiger partial charge in [-0.2, -0.15) is 5.10 Å². The summed E-state index contributed by atoms with van der Waals surface area (Å²) < 4.78 is 0. The molecule has 8 heteroatoms. The summed E-state index contributed by atoms with van der Waals surface area (Å²) in [5.41, 5.74) is 6.41. The summed E-state index contributed by atoms with van der Waals surface area (Å²) in [5, 5.41) is 6.80. The van der Waals surface area contributed by atoms with Crippen molar-refractivity contribution in [3.63, 3.8) is 0 Å². The SMILES string of the molecule is NC(=O)c1cnc(N2CCC(C(=O)N3N=CC[C@H]3c3ccccc3)CC2)s1. The zero-order valence-electron chi connectivity index (χ0n) is 14.8. The van der Waals surface area contributed by atoms with Crippen molar-refractivity contribution in [2.75, 3.05) is 18.0 Å². The number of thiazole rings is 1. The van der Waals surface area contributed by atoms with Gasteiger partial charge in [0, 0.05) is 31.6 Å². The number of aromatic nitrogens is 1. The lowest BCUT2D eigenvalue weighted by Gasteiger charge is -2.33. The normalized spacial score (nSPS) is 20.2. The van der Waals surface area contributed by atoms with Crippen molar-refractivity contribution in [1.82, 2.24) is 9.99 Å². The highest BCUT2D eigenvalue weighted by Gasteiger charge is 2.35. The summed E-state index contributed by atoms with van der Waals surface area (Å²) in [6.07, 6.45) is 5.59. The van der Waals surface area contributed by atoms with Crippen LogP contribution in [0.15, 0.2) is 41.6 Å². The van der Waals surface area contributed by atoms with E-state index in [-0.39, 0.29) is 17.9 Å². The molecule has 2 aliphatic rings. The Kier molecular flexibility index (Phi) is 4.89. The smallest absolute Gasteiger partial charge is 0.260 e. The average molecular weight is 383 g/mol. The van der Waals surface area contributed by atoms with E-state index in [1.807, 2.05) is 36.5 Å². The highest BCUT2D eigenvalue weighted by Crippen LogP contribution is 2.33. The van der Waals surface area contributed by atoms with Crippen molar-refractivity contribution in [2.45, 2.75) is 25.3 Å². The molecule has 0 aliphatic carbocycles. The van der Waals surface area contributed by atoms with Crippen LogP contribution in [0.4, 0.5) is 5.13 Å². The van der Waals surface area contributed by atoms with Crippen molar-refractivity contribution < 1.29 is 9.59 Å². The highest BCUT2D eigenvalue weighted by atomic mass is 32.1. The molecule has 7 nitrogen and oxygen atoms in total. The molecule has 1 saturated heterocycles. The first-order chi connectivity index (χ1) is 13.1. The van der Waals surface area contributed by atoms with Crippen molar-refractivity contribution >= 4 is 34.5 Å². The van der Waals surface area contributed by atoms with E-state index in [1.165, 1.54) is 17.5 Å². The zero-order valence-corrected chi connectivity index (χ0v) is 15.6. The highest BCUT2D eigenvalue weighted by molar-refractivity contribution is 7.17. The van der Waals surface area contributed by atoms with Gasteiger partial charge in [0.15, 0.2) is 5.13 Å². The Labute approximate surface area is 161 Å². The quantitative estimate of drug-likeness (QED) is 0.878. The molecule has 0 saturated carbocycles. The number of nitrogens with two attached hydrogens (primary N) is 1. The molecule has 2 aliphatic heterocycles. The molecule has 4 rings (SSSR count). The molecule has 1 fully saturated rings. The largest absolute Gasteiger partial charge is 0.365 e. The number of carbonyl (C=O) groups is 2.